The molecule has 1 atom stereocenters. The van der Waals surface area contributed by atoms with Gasteiger partial charge in [0.25, 0.3) is 0 Å². The summed E-state index contributed by atoms with van der Waals surface area (Å²) in [6.45, 7) is 3.50. The maximum absolute atomic E-state index is 9.86. The van der Waals surface area contributed by atoms with E-state index >= 15 is 0 Å². The van der Waals surface area contributed by atoms with Crippen LogP contribution >= 0.6 is 11.6 Å². The van der Waals surface area contributed by atoms with Gasteiger partial charge in [-0.3, -0.25) is 0 Å². The highest BCUT2D eigenvalue weighted by Gasteiger charge is 2.07. The molecular weight excluding hydrogens is 224 g/mol. The van der Waals surface area contributed by atoms with Gasteiger partial charge in [-0.25, -0.2) is 0 Å². The minimum absolute atomic E-state index is 0.486. The molecule has 1 unspecified atom stereocenters. The molecule has 0 saturated heterocycles. The molecular formula is C13H19ClO2. The van der Waals surface area contributed by atoms with Crippen molar-refractivity contribution >= 4 is 11.6 Å². The average molecular weight is 243 g/mol. The van der Waals surface area contributed by atoms with Gasteiger partial charge in [0, 0.05) is 24.7 Å². The molecule has 0 aliphatic carbocycles. The van der Waals surface area contributed by atoms with Crippen molar-refractivity contribution in [1.29, 1.82) is 0 Å². The van der Waals surface area contributed by atoms with Crippen molar-refractivity contribution in [2.75, 3.05) is 13.2 Å². The molecule has 0 bridgehead atoms. The molecule has 1 aromatic rings. The predicted molar refractivity (Wildman–Crippen MR) is 66.8 cm³/mol. The lowest BCUT2D eigenvalue weighted by atomic mass is 10.1. The largest absolute Gasteiger partial charge is 0.388 e. The van der Waals surface area contributed by atoms with Crippen LogP contribution in [0.15, 0.2) is 24.3 Å². The topological polar surface area (TPSA) is 29.5 Å². The molecule has 1 N–H and O–H groups in total. The number of hydrogen-bond acceptors (Lipinski definition) is 2. The van der Waals surface area contributed by atoms with E-state index in [2.05, 4.69) is 6.92 Å². The highest BCUT2D eigenvalue weighted by Crippen LogP contribution is 2.20. The van der Waals surface area contributed by atoms with E-state index in [0.717, 1.165) is 25.0 Å². The summed E-state index contributed by atoms with van der Waals surface area (Å²) >= 11 is 5.85. The Bertz CT molecular complexity index is 302. The first kappa shape index (κ1) is 13.5. The summed E-state index contributed by atoms with van der Waals surface area (Å²) in [6, 6.07) is 7.31. The number of aliphatic hydroxyl groups is 1. The third-order valence-corrected chi connectivity index (χ3v) is 2.65. The van der Waals surface area contributed by atoms with E-state index in [4.69, 9.17) is 16.3 Å². The molecule has 0 aromatic heterocycles. The van der Waals surface area contributed by atoms with Crippen LogP contribution in [0.25, 0.3) is 0 Å². The molecule has 1 rings (SSSR count). The zero-order valence-corrected chi connectivity index (χ0v) is 10.4. The second-order valence-electron chi connectivity index (χ2n) is 3.83. The van der Waals surface area contributed by atoms with Crippen molar-refractivity contribution in [1.82, 2.24) is 0 Å². The molecule has 0 spiro atoms. The molecule has 0 aliphatic heterocycles. The zero-order valence-electron chi connectivity index (χ0n) is 9.66. The van der Waals surface area contributed by atoms with Gasteiger partial charge < -0.3 is 9.84 Å². The van der Waals surface area contributed by atoms with Gasteiger partial charge in [-0.2, -0.15) is 0 Å². The Balaban J connectivity index is 2.27. The van der Waals surface area contributed by atoms with Crippen molar-refractivity contribution in [3.05, 3.63) is 34.9 Å². The van der Waals surface area contributed by atoms with Gasteiger partial charge in [0.2, 0.25) is 0 Å². The van der Waals surface area contributed by atoms with E-state index in [1.165, 1.54) is 0 Å². The van der Waals surface area contributed by atoms with Crippen LogP contribution in [0.2, 0.25) is 5.02 Å². The molecule has 0 radical (unpaired) electrons. The fourth-order valence-electron chi connectivity index (χ4n) is 1.42. The Morgan fingerprint density at radius 2 is 2.19 bits per heavy atom. The normalized spacial score (nSPS) is 12.7. The van der Waals surface area contributed by atoms with E-state index in [-0.39, 0.29) is 0 Å². The molecule has 1 aromatic carbocycles. The third kappa shape index (κ3) is 4.97. The number of rotatable bonds is 7. The van der Waals surface area contributed by atoms with Crippen molar-refractivity contribution in [2.45, 2.75) is 32.3 Å². The summed E-state index contributed by atoms with van der Waals surface area (Å²) in [4.78, 5) is 0. The number of unbranched alkanes of at least 4 members (excludes halogenated alkanes) is 1. The predicted octanol–water partition coefficient (Wildman–Crippen LogP) is 3.58. The SMILES string of the molecule is CCCCOCCC(O)c1cccc(Cl)c1. The second kappa shape index (κ2) is 7.66. The Kier molecular flexibility index (Phi) is 6.46. The third-order valence-electron chi connectivity index (χ3n) is 2.41. The average Bonchev–Trinajstić information content (AvgIpc) is 2.28. The molecule has 0 amide bonds. The van der Waals surface area contributed by atoms with Crippen LogP contribution in [-0.4, -0.2) is 18.3 Å². The van der Waals surface area contributed by atoms with E-state index in [1.54, 1.807) is 12.1 Å². The summed E-state index contributed by atoms with van der Waals surface area (Å²) in [5, 5.41) is 10.5. The van der Waals surface area contributed by atoms with Crippen molar-refractivity contribution in [3.63, 3.8) is 0 Å². The Morgan fingerprint density at radius 1 is 1.38 bits per heavy atom. The summed E-state index contributed by atoms with van der Waals surface area (Å²) in [6.07, 6.45) is 2.34. The van der Waals surface area contributed by atoms with Crippen LogP contribution in [0.3, 0.4) is 0 Å². The van der Waals surface area contributed by atoms with Crippen molar-refractivity contribution < 1.29 is 9.84 Å². The fourth-order valence-corrected chi connectivity index (χ4v) is 1.62. The smallest absolute Gasteiger partial charge is 0.0812 e. The molecule has 16 heavy (non-hydrogen) atoms. The van der Waals surface area contributed by atoms with Crippen LogP contribution in [0.5, 0.6) is 0 Å². The molecule has 0 saturated carbocycles. The number of hydrogen-bond donors (Lipinski definition) is 1. The quantitative estimate of drug-likeness (QED) is 0.741. The molecule has 0 fully saturated rings. The zero-order chi connectivity index (χ0) is 11.8. The minimum atomic E-state index is -0.486. The number of aliphatic hydroxyl groups excluding tert-OH is 1. The summed E-state index contributed by atoms with van der Waals surface area (Å²) in [7, 11) is 0. The maximum Gasteiger partial charge on any atom is 0.0812 e. The van der Waals surface area contributed by atoms with Gasteiger partial charge in [0.1, 0.15) is 0 Å². The Hall–Kier alpha value is -0.570. The van der Waals surface area contributed by atoms with E-state index in [1.807, 2.05) is 12.1 Å². The van der Waals surface area contributed by atoms with Crippen LogP contribution in [0.1, 0.15) is 37.9 Å². The summed E-state index contributed by atoms with van der Waals surface area (Å²) < 4.78 is 5.40. The van der Waals surface area contributed by atoms with Crippen molar-refractivity contribution in [3.8, 4) is 0 Å². The number of benzene rings is 1. The highest BCUT2D eigenvalue weighted by molar-refractivity contribution is 6.30. The van der Waals surface area contributed by atoms with Crippen LogP contribution in [-0.2, 0) is 4.74 Å². The molecule has 2 nitrogen and oxygen atoms in total. The van der Waals surface area contributed by atoms with Crippen molar-refractivity contribution in [2.24, 2.45) is 0 Å². The minimum Gasteiger partial charge on any atom is -0.388 e. The van der Waals surface area contributed by atoms with E-state index < -0.39 is 6.10 Å². The molecule has 90 valence electrons. The first-order valence-electron chi connectivity index (χ1n) is 5.75. The van der Waals surface area contributed by atoms with Gasteiger partial charge in [0.05, 0.1) is 6.10 Å². The first-order valence-corrected chi connectivity index (χ1v) is 6.13. The first-order chi connectivity index (χ1) is 7.74. The van der Waals surface area contributed by atoms with Gasteiger partial charge >= 0.3 is 0 Å². The highest BCUT2D eigenvalue weighted by atomic mass is 35.5. The second-order valence-corrected chi connectivity index (χ2v) is 4.26. The van der Waals surface area contributed by atoms with E-state index in [0.29, 0.717) is 18.1 Å². The molecule has 3 heteroatoms. The Morgan fingerprint density at radius 3 is 2.88 bits per heavy atom. The number of ether oxygens (including phenoxy) is 1. The van der Waals surface area contributed by atoms with Gasteiger partial charge in [0.15, 0.2) is 0 Å². The molecule has 0 aliphatic rings. The number of halogens is 1. The summed E-state index contributed by atoms with van der Waals surface area (Å²) in [5.74, 6) is 0. The van der Waals surface area contributed by atoms with Crippen LogP contribution in [0, 0.1) is 0 Å². The maximum atomic E-state index is 9.86. The standard InChI is InChI=1S/C13H19ClO2/c1-2-3-8-16-9-7-13(15)11-5-4-6-12(14)10-11/h4-6,10,13,15H,2-3,7-9H2,1H3. The fraction of sp³-hybridized carbons (Fsp3) is 0.538. The van der Waals surface area contributed by atoms with Crippen LogP contribution in [0.4, 0.5) is 0 Å². The van der Waals surface area contributed by atoms with Gasteiger partial charge in [-0.05, 0) is 24.1 Å². The van der Waals surface area contributed by atoms with Gasteiger partial charge in [-0.15, -0.1) is 0 Å². The van der Waals surface area contributed by atoms with Crippen LogP contribution < -0.4 is 0 Å². The lowest BCUT2D eigenvalue weighted by molar-refractivity contribution is 0.0805. The van der Waals surface area contributed by atoms with E-state index in [9.17, 15) is 5.11 Å². The lowest BCUT2D eigenvalue weighted by Crippen LogP contribution is -2.04. The lowest BCUT2D eigenvalue weighted by Gasteiger charge is -2.11. The van der Waals surface area contributed by atoms with Gasteiger partial charge in [-0.1, -0.05) is 37.1 Å². The summed E-state index contributed by atoms with van der Waals surface area (Å²) in [5.41, 5.74) is 0.853. The Labute approximate surface area is 102 Å². The monoisotopic (exact) mass is 242 g/mol. The molecule has 0 heterocycles.